The maximum Gasteiger partial charge on any atom is 0.335 e. The van der Waals surface area contributed by atoms with E-state index in [1.807, 2.05) is 18.2 Å². The Morgan fingerprint density at radius 3 is 2.38 bits per heavy atom. The number of fused-ring (bicyclic) bond motifs is 1. The first-order chi connectivity index (χ1) is 15.5. The number of nitrogens with one attached hydrogen (secondary N) is 1. The van der Waals surface area contributed by atoms with Gasteiger partial charge in [-0.3, -0.25) is 4.79 Å². The van der Waals surface area contributed by atoms with Gasteiger partial charge in [0.2, 0.25) is 0 Å². The van der Waals surface area contributed by atoms with Gasteiger partial charge in [0.25, 0.3) is 0 Å². The Hall–Kier alpha value is -4.46. The van der Waals surface area contributed by atoms with Crippen LogP contribution in [0.3, 0.4) is 0 Å². The van der Waals surface area contributed by atoms with Gasteiger partial charge in [-0.15, -0.1) is 0 Å². The molecule has 0 aliphatic carbocycles. The van der Waals surface area contributed by atoms with Crippen LogP contribution >= 0.6 is 0 Å². The molecule has 0 unspecified atom stereocenters. The Labute approximate surface area is 183 Å². The molecule has 4 aromatic rings. The number of nitrogens with zero attached hydrogens (tertiary/aromatic N) is 2. The molecule has 0 saturated heterocycles. The number of pyridine rings is 1. The van der Waals surface area contributed by atoms with Crippen LogP contribution in [0, 0.1) is 0 Å². The van der Waals surface area contributed by atoms with Crippen molar-refractivity contribution in [3.63, 3.8) is 0 Å². The number of imidazole rings is 1. The lowest BCUT2D eigenvalue weighted by atomic mass is 10.0. The fourth-order valence-corrected chi connectivity index (χ4v) is 3.25. The number of allylic oxidation sites excluding steroid dienone is 1. The molecule has 8 nitrogen and oxygen atoms in total. The average molecular weight is 429 g/mol. The first-order valence-electron chi connectivity index (χ1n) is 9.63. The van der Waals surface area contributed by atoms with Crippen molar-refractivity contribution in [2.45, 2.75) is 0 Å². The van der Waals surface area contributed by atoms with Crippen molar-refractivity contribution in [3.05, 3.63) is 77.5 Å². The van der Waals surface area contributed by atoms with Crippen molar-refractivity contribution in [3.8, 4) is 22.9 Å². The van der Waals surface area contributed by atoms with E-state index in [2.05, 4.69) is 15.0 Å². The number of aromatic nitrogens is 3. The Balaban J connectivity index is 1.70. The Morgan fingerprint density at radius 2 is 1.72 bits per heavy atom. The lowest BCUT2D eigenvalue weighted by Crippen LogP contribution is -1.99. The van der Waals surface area contributed by atoms with E-state index in [1.54, 1.807) is 25.4 Å². The van der Waals surface area contributed by atoms with Crippen LogP contribution in [0.25, 0.3) is 28.6 Å². The lowest BCUT2D eigenvalue weighted by molar-refractivity contribution is 0.0696. The molecule has 2 heterocycles. The van der Waals surface area contributed by atoms with Crippen molar-refractivity contribution < 1.29 is 24.2 Å². The summed E-state index contributed by atoms with van der Waals surface area (Å²) in [5.41, 5.74) is 3.20. The molecule has 8 heteroatoms. The minimum Gasteiger partial charge on any atom is -0.496 e. The van der Waals surface area contributed by atoms with E-state index in [1.165, 1.54) is 37.5 Å². The maximum absolute atomic E-state index is 12.6. The minimum absolute atomic E-state index is 0.118. The predicted molar refractivity (Wildman–Crippen MR) is 119 cm³/mol. The molecule has 0 radical (unpaired) electrons. The van der Waals surface area contributed by atoms with Gasteiger partial charge in [-0.25, -0.2) is 14.8 Å². The number of carboxylic acid groups (broad SMARTS) is 1. The summed E-state index contributed by atoms with van der Waals surface area (Å²) in [4.78, 5) is 35.6. The number of carbonyl (C=O) groups excluding carboxylic acids is 1. The average Bonchev–Trinajstić information content (AvgIpc) is 3.26. The van der Waals surface area contributed by atoms with Crippen LogP contribution in [0.5, 0.6) is 11.5 Å². The van der Waals surface area contributed by atoms with Gasteiger partial charge in [0.1, 0.15) is 17.3 Å². The largest absolute Gasteiger partial charge is 0.496 e. The zero-order valence-corrected chi connectivity index (χ0v) is 17.3. The molecule has 0 saturated carbocycles. The van der Waals surface area contributed by atoms with Crippen molar-refractivity contribution in [1.29, 1.82) is 0 Å². The van der Waals surface area contributed by atoms with Gasteiger partial charge in [-0.1, -0.05) is 12.1 Å². The van der Waals surface area contributed by atoms with E-state index in [0.29, 0.717) is 39.7 Å². The number of carbonyl (C=O) groups is 2. The number of carboxylic acids is 1. The number of hydrogen-bond acceptors (Lipinski definition) is 6. The van der Waals surface area contributed by atoms with Crippen LogP contribution in [0.2, 0.25) is 0 Å². The van der Waals surface area contributed by atoms with Gasteiger partial charge in [-0.2, -0.15) is 0 Å². The second-order valence-corrected chi connectivity index (χ2v) is 6.83. The van der Waals surface area contributed by atoms with Crippen LogP contribution in [-0.4, -0.2) is 46.0 Å². The van der Waals surface area contributed by atoms with Crippen LogP contribution in [0.15, 0.2) is 60.8 Å². The SMILES string of the molecule is COc1cc(OC)c(-c2nc3ncccc3[nH]2)cc1C=CC(=O)c1ccc(C(=O)O)cc1. The topological polar surface area (TPSA) is 114 Å². The molecule has 0 spiro atoms. The third-order valence-corrected chi connectivity index (χ3v) is 4.90. The summed E-state index contributed by atoms with van der Waals surface area (Å²) in [5, 5.41) is 9.00. The lowest BCUT2D eigenvalue weighted by Gasteiger charge is -2.12. The predicted octanol–water partition coefficient (Wildman–Crippen LogP) is 4.24. The van der Waals surface area contributed by atoms with Gasteiger partial charge in [-0.05, 0) is 42.5 Å². The van der Waals surface area contributed by atoms with Crippen molar-refractivity contribution >= 4 is 29.0 Å². The fraction of sp³-hybridized carbons (Fsp3) is 0.0833. The number of aromatic carboxylic acids is 1. The molecule has 0 aliphatic rings. The number of H-pyrrole nitrogens is 1. The third kappa shape index (κ3) is 4.06. The highest BCUT2D eigenvalue weighted by atomic mass is 16.5. The van der Waals surface area contributed by atoms with Crippen LogP contribution in [0.1, 0.15) is 26.3 Å². The smallest absolute Gasteiger partial charge is 0.335 e. The molecular weight excluding hydrogens is 410 g/mol. The number of methoxy groups -OCH3 is 2. The molecule has 2 aromatic carbocycles. The van der Waals surface area contributed by atoms with Gasteiger partial charge >= 0.3 is 5.97 Å². The highest BCUT2D eigenvalue weighted by Crippen LogP contribution is 2.36. The first-order valence-corrected chi connectivity index (χ1v) is 9.63. The number of hydrogen-bond donors (Lipinski definition) is 2. The molecule has 0 amide bonds. The summed E-state index contributed by atoms with van der Waals surface area (Å²) in [6, 6.07) is 13.0. The molecule has 2 N–H and O–H groups in total. The highest BCUT2D eigenvalue weighted by molar-refractivity contribution is 6.07. The molecule has 2 aromatic heterocycles. The van der Waals surface area contributed by atoms with E-state index in [0.717, 1.165) is 5.52 Å². The maximum atomic E-state index is 12.6. The zero-order chi connectivity index (χ0) is 22.7. The van der Waals surface area contributed by atoms with E-state index in [4.69, 9.17) is 14.6 Å². The zero-order valence-electron chi connectivity index (χ0n) is 17.3. The monoisotopic (exact) mass is 429 g/mol. The molecule has 0 bridgehead atoms. The Kier molecular flexibility index (Phi) is 5.67. The standard InChI is InChI=1S/C24H19N3O5/c1-31-20-13-21(32-2)17(22-26-18-4-3-11-25-23(18)27-22)12-16(20)9-10-19(28)14-5-7-15(8-6-14)24(29)30/h3-13H,1-2H3,(H,29,30)(H,25,26,27). The van der Waals surface area contributed by atoms with Gasteiger partial charge in [0.05, 0.1) is 30.9 Å². The van der Waals surface area contributed by atoms with E-state index >= 15 is 0 Å². The fourth-order valence-electron chi connectivity index (χ4n) is 3.25. The Morgan fingerprint density at radius 1 is 1.00 bits per heavy atom. The van der Waals surface area contributed by atoms with Crippen molar-refractivity contribution in [1.82, 2.24) is 15.0 Å². The Bertz CT molecular complexity index is 1310. The normalized spacial score (nSPS) is 11.1. The number of ketones is 1. The summed E-state index contributed by atoms with van der Waals surface area (Å²) in [6.07, 6.45) is 4.71. The van der Waals surface area contributed by atoms with Crippen molar-refractivity contribution in [2.24, 2.45) is 0 Å². The summed E-state index contributed by atoms with van der Waals surface area (Å²) in [7, 11) is 3.09. The van der Waals surface area contributed by atoms with Gasteiger partial charge in [0, 0.05) is 23.4 Å². The number of rotatable bonds is 7. The third-order valence-electron chi connectivity index (χ3n) is 4.90. The molecule has 0 atom stereocenters. The van der Waals surface area contributed by atoms with Gasteiger partial charge in [0.15, 0.2) is 11.4 Å². The minimum atomic E-state index is -1.05. The molecule has 160 valence electrons. The number of aromatic amines is 1. The van der Waals surface area contributed by atoms with Crippen molar-refractivity contribution in [2.75, 3.05) is 14.2 Å². The molecule has 4 rings (SSSR count). The summed E-state index contributed by atoms with van der Waals surface area (Å²) in [5.74, 6) is 0.326. The van der Waals surface area contributed by atoms with Crippen LogP contribution in [0.4, 0.5) is 0 Å². The second kappa shape index (κ2) is 8.73. The second-order valence-electron chi connectivity index (χ2n) is 6.83. The van der Waals surface area contributed by atoms with E-state index < -0.39 is 5.97 Å². The number of benzene rings is 2. The molecule has 32 heavy (non-hydrogen) atoms. The van der Waals surface area contributed by atoms with E-state index in [9.17, 15) is 9.59 Å². The van der Waals surface area contributed by atoms with Crippen LogP contribution < -0.4 is 9.47 Å². The molecular formula is C24H19N3O5. The van der Waals surface area contributed by atoms with Gasteiger partial charge < -0.3 is 19.6 Å². The summed E-state index contributed by atoms with van der Waals surface area (Å²) >= 11 is 0. The van der Waals surface area contributed by atoms with Crippen LogP contribution in [-0.2, 0) is 0 Å². The molecule has 0 fully saturated rings. The summed E-state index contributed by atoms with van der Waals surface area (Å²) in [6.45, 7) is 0. The van der Waals surface area contributed by atoms with E-state index in [-0.39, 0.29) is 11.3 Å². The first kappa shape index (κ1) is 20.8. The molecule has 0 aliphatic heterocycles. The highest BCUT2D eigenvalue weighted by Gasteiger charge is 2.15. The summed E-state index contributed by atoms with van der Waals surface area (Å²) < 4.78 is 11.0. The number of ether oxygens (including phenoxy) is 2. The quantitative estimate of drug-likeness (QED) is 0.334.